The van der Waals surface area contributed by atoms with Gasteiger partial charge in [-0.25, -0.2) is 4.79 Å². The molecule has 1 atom stereocenters. The molecule has 7 nitrogen and oxygen atoms in total. The quantitative estimate of drug-likeness (QED) is 0.832. The normalized spacial score (nSPS) is 23.2. The van der Waals surface area contributed by atoms with Crippen LogP contribution in [0.3, 0.4) is 0 Å². The Balaban J connectivity index is 1.75. The smallest absolute Gasteiger partial charge is 0.410 e. The summed E-state index contributed by atoms with van der Waals surface area (Å²) in [5.41, 5.74) is -0.512. The second kappa shape index (κ2) is 5.54. The van der Waals surface area contributed by atoms with Gasteiger partial charge in [0, 0.05) is 38.5 Å². The molecule has 21 heavy (non-hydrogen) atoms. The topological polar surface area (TPSA) is 87.2 Å². The zero-order valence-electron chi connectivity index (χ0n) is 12.7. The van der Waals surface area contributed by atoms with Crippen molar-refractivity contribution in [3.8, 4) is 0 Å². The highest BCUT2D eigenvalue weighted by Crippen LogP contribution is 2.24. The maximum Gasteiger partial charge on any atom is 0.410 e. The molecule has 2 saturated heterocycles. The zero-order chi connectivity index (χ0) is 15.8. The average molecular weight is 298 g/mol. The lowest BCUT2D eigenvalue weighted by Gasteiger charge is -2.41. The maximum absolute atomic E-state index is 11.8. The van der Waals surface area contributed by atoms with Crippen LogP contribution in [0.5, 0.6) is 0 Å². The molecule has 0 aromatic heterocycles. The van der Waals surface area contributed by atoms with E-state index in [0.717, 1.165) is 0 Å². The SMILES string of the molecule is CC(C)(C)OC(=O)N1CC(CN2CC(C(=O)O)CC2=O)C1. The molecule has 0 spiro atoms. The van der Waals surface area contributed by atoms with Gasteiger partial charge in [-0.15, -0.1) is 0 Å². The van der Waals surface area contributed by atoms with Crippen molar-refractivity contribution in [2.45, 2.75) is 32.8 Å². The number of carbonyl (C=O) groups excluding carboxylic acids is 2. The Morgan fingerprint density at radius 1 is 1.29 bits per heavy atom. The van der Waals surface area contributed by atoms with Gasteiger partial charge < -0.3 is 19.6 Å². The lowest BCUT2D eigenvalue weighted by molar-refractivity contribution is -0.141. The fraction of sp³-hybridized carbons (Fsp3) is 0.786. The first-order chi connectivity index (χ1) is 9.65. The first-order valence-electron chi connectivity index (χ1n) is 7.14. The van der Waals surface area contributed by atoms with Gasteiger partial charge in [0.2, 0.25) is 5.91 Å². The van der Waals surface area contributed by atoms with E-state index in [-0.39, 0.29) is 30.9 Å². The lowest BCUT2D eigenvalue weighted by atomic mass is 10.0. The largest absolute Gasteiger partial charge is 0.481 e. The van der Waals surface area contributed by atoms with E-state index >= 15 is 0 Å². The minimum atomic E-state index is -0.921. The summed E-state index contributed by atoms with van der Waals surface area (Å²) in [4.78, 5) is 37.6. The number of nitrogens with zero attached hydrogens (tertiary/aromatic N) is 2. The number of aliphatic carboxylic acids is 1. The van der Waals surface area contributed by atoms with E-state index in [9.17, 15) is 14.4 Å². The van der Waals surface area contributed by atoms with E-state index in [1.54, 1.807) is 9.80 Å². The number of hydrogen-bond donors (Lipinski definition) is 1. The summed E-state index contributed by atoms with van der Waals surface area (Å²) < 4.78 is 5.26. The van der Waals surface area contributed by atoms with E-state index in [1.807, 2.05) is 20.8 Å². The molecular formula is C14H22N2O5. The lowest BCUT2D eigenvalue weighted by Crippen LogP contribution is -2.55. The number of rotatable bonds is 3. The molecule has 7 heteroatoms. The van der Waals surface area contributed by atoms with Crippen LogP contribution in [0.4, 0.5) is 4.79 Å². The minimum Gasteiger partial charge on any atom is -0.481 e. The number of carboxylic acid groups (broad SMARTS) is 1. The molecule has 2 aliphatic rings. The van der Waals surface area contributed by atoms with E-state index < -0.39 is 17.5 Å². The van der Waals surface area contributed by atoms with E-state index in [2.05, 4.69) is 0 Å². The highest BCUT2D eigenvalue weighted by molar-refractivity contribution is 5.86. The number of likely N-dealkylation sites (tertiary alicyclic amines) is 2. The third kappa shape index (κ3) is 3.86. The molecule has 2 heterocycles. The summed E-state index contributed by atoms with van der Waals surface area (Å²) in [6, 6.07) is 0. The van der Waals surface area contributed by atoms with Crippen LogP contribution in [0.1, 0.15) is 27.2 Å². The monoisotopic (exact) mass is 298 g/mol. The van der Waals surface area contributed by atoms with Gasteiger partial charge in [0.1, 0.15) is 5.60 Å². The Bertz CT molecular complexity index is 451. The molecule has 0 aromatic carbocycles. The fourth-order valence-corrected chi connectivity index (χ4v) is 2.59. The second-order valence-electron chi connectivity index (χ2n) is 6.79. The van der Waals surface area contributed by atoms with Crippen LogP contribution in [0.2, 0.25) is 0 Å². The van der Waals surface area contributed by atoms with Crippen molar-refractivity contribution in [3.63, 3.8) is 0 Å². The van der Waals surface area contributed by atoms with Gasteiger partial charge in [-0.3, -0.25) is 9.59 Å². The van der Waals surface area contributed by atoms with Crippen LogP contribution in [0.15, 0.2) is 0 Å². The summed E-state index contributed by atoms with van der Waals surface area (Å²) in [5.74, 6) is -1.43. The van der Waals surface area contributed by atoms with Crippen LogP contribution in [0.25, 0.3) is 0 Å². The van der Waals surface area contributed by atoms with Crippen molar-refractivity contribution in [1.82, 2.24) is 9.80 Å². The molecule has 1 N–H and O–H groups in total. The number of amides is 2. The molecule has 0 radical (unpaired) electrons. The van der Waals surface area contributed by atoms with Crippen molar-refractivity contribution in [1.29, 1.82) is 0 Å². The molecule has 118 valence electrons. The fourth-order valence-electron chi connectivity index (χ4n) is 2.59. The highest BCUT2D eigenvalue weighted by Gasteiger charge is 2.39. The standard InChI is InChI=1S/C14H22N2O5/c1-14(2,3)21-13(20)16-6-9(7-16)5-15-8-10(12(18)19)4-11(15)17/h9-10H,4-8H2,1-3H3,(H,18,19). The first kappa shape index (κ1) is 15.6. The molecule has 2 amide bonds. The predicted molar refractivity (Wildman–Crippen MR) is 73.6 cm³/mol. The van der Waals surface area contributed by atoms with Gasteiger partial charge in [-0.1, -0.05) is 0 Å². The molecule has 2 fully saturated rings. The predicted octanol–water partition coefficient (Wildman–Crippen LogP) is 0.786. The van der Waals surface area contributed by atoms with Crippen LogP contribution >= 0.6 is 0 Å². The van der Waals surface area contributed by atoms with Crippen molar-refractivity contribution >= 4 is 18.0 Å². The van der Waals surface area contributed by atoms with Gasteiger partial charge in [0.25, 0.3) is 0 Å². The summed E-state index contributed by atoms with van der Waals surface area (Å²) in [6.07, 6.45) is -0.257. The second-order valence-corrected chi connectivity index (χ2v) is 6.79. The number of ether oxygens (including phenoxy) is 1. The number of hydrogen-bond acceptors (Lipinski definition) is 4. The maximum atomic E-state index is 11.8. The van der Waals surface area contributed by atoms with Gasteiger partial charge >= 0.3 is 12.1 Å². The zero-order valence-corrected chi connectivity index (χ0v) is 12.7. The molecule has 1 unspecified atom stereocenters. The third-order valence-electron chi connectivity index (χ3n) is 3.65. The summed E-state index contributed by atoms with van der Waals surface area (Å²) in [7, 11) is 0. The molecule has 2 rings (SSSR count). The Morgan fingerprint density at radius 3 is 2.38 bits per heavy atom. The van der Waals surface area contributed by atoms with Gasteiger partial charge in [0.05, 0.1) is 5.92 Å². The van der Waals surface area contributed by atoms with Crippen LogP contribution in [-0.4, -0.2) is 64.7 Å². The minimum absolute atomic E-state index is 0.0812. The average Bonchev–Trinajstić information content (AvgIpc) is 2.62. The molecule has 2 aliphatic heterocycles. The molecule has 0 bridgehead atoms. The van der Waals surface area contributed by atoms with Crippen molar-refractivity contribution < 1.29 is 24.2 Å². The molecule has 0 saturated carbocycles. The van der Waals surface area contributed by atoms with Crippen molar-refractivity contribution in [3.05, 3.63) is 0 Å². The first-order valence-corrected chi connectivity index (χ1v) is 7.14. The molecule has 0 aliphatic carbocycles. The Morgan fingerprint density at radius 2 is 1.90 bits per heavy atom. The number of carbonyl (C=O) groups is 3. The van der Waals surface area contributed by atoms with E-state index in [0.29, 0.717) is 19.6 Å². The summed E-state index contributed by atoms with van der Waals surface area (Å²) >= 11 is 0. The van der Waals surface area contributed by atoms with Gasteiger partial charge in [-0.05, 0) is 20.8 Å². The Kier molecular flexibility index (Phi) is 4.11. The van der Waals surface area contributed by atoms with Gasteiger partial charge in [0.15, 0.2) is 0 Å². The summed E-state index contributed by atoms with van der Waals surface area (Å²) in [6.45, 7) is 7.34. The molecular weight excluding hydrogens is 276 g/mol. The van der Waals surface area contributed by atoms with Crippen molar-refractivity contribution in [2.75, 3.05) is 26.2 Å². The summed E-state index contributed by atoms with van der Waals surface area (Å²) in [5, 5.41) is 8.93. The number of carboxylic acids is 1. The van der Waals surface area contributed by atoms with E-state index in [4.69, 9.17) is 9.84 Å². The highest BCUT2D eigenvalue weighted by atomic mass is 16.6. The Labute approximate surface area is 123 Å². The van der Waals surface area contributed by atoms with E-state index in [1.165, 1.54) is 0 Å². The molecule has 0 aromatic rings. The van der Waals surface area contributed by atoms with Gasteiger partial charge in [-0.2, -0.15) is 0 Å². The van der Waals surface area contributed by atoms with Crippen LogP contribution < -0.4 is 0 Å². The Hall–Kier alpha value is -1.79. The van der Waals surface area contributed by atoms with Crippen molar-refractivity contribution in [2.24, 2.45) is 11.8 Å². The van der Waals surface area contributed by atoms with Crippen LogP contribution in [0, 0.1) is 11.8 Å². The third-order valence-corrected chi connectivity index (χ3v) is 3.65. The van der Waals surface area contributed by atoms with Crippen LogP contribution in [-0.2, 0) is 14.3 Å².